The summed E-state index contributed by atoms with van der Waals surface area (Å²) < 4.78 is 26.9. The highest BCUT2D eigenvalue weighted by Crippen LogP contribution is 2.40. The molecule has 0 aliphatic carbocycles. The molecule has 0 fully saturated rings. The number of aryl methyl sites for hydroxylation is 1. The molecule has 134 valence electrons. The Bertz CT molecular complexity index is 722. The van der Waals surface area contributed by atoms with E-state index in [1.807, 2.05) is 30.3 Å². The minimum absolute atomic E-state index is 0.154. The lowest BCUT2D eigenvalue weighted by Gasteiger charge is -2.18. The Kier molecular flexibility index (Phi) is 5.19. The first-order chi connectivity index (χ1) is 12.2. The van der Waals surface area contributed by atoms with Crippen LogP contribution in [0.1, 0.15) is 23.6 Å². The highest BCUT2D eigenvalue weighted by atomic mass is 16.7. The molecule has 2 aromatic rings. The van der Waals surface area contributed by atoms with Crippen LogP contribution >= 0.6 is 0 Å². The molecule has 0 saturated carbocycles. The van der Waals surface area contributed by atoms with Crippen LogP contribution < -0.4 is 29.4 Å². The van der Waals surface area contributed by atoms with Gasteiger partial charge >= 0.3 is 0 Å². The van der Waals surface area contributed by atoms with Gasteiger partial charge in [0.15, 0.2) is 23.0 Å². The van der Waals surface area contributed by atoms with E-state index in [1.165, 1.54) is 0 Å². The zero-order valence-electron chi connectivity index (χ0n) is 14.7. The molecule has 1 atom stereocenters. The number of benzene rings is 2. The van der Waals surface area contributed by atoms with Crippen LogP contribution in [0.2, 0.25) is 0 Å². The number of hydrogen-bond donors (Lipinski definition) is 1. The van der Waals surface area contributed by atoms with Gasteiger partial charge in [0, 0.05) is 6.04 Å². The summed E-state index contributed by atoms with van der Waals surface area (Å²) in [7, 11) is 4.78. The van der Waals surface area contributed by atoms with Crippen molar-refractivity contribution in [2.75, 3.05) is 28.1 Å². The Morgan fingerprint density at radius 1 is 0.960 bits per heavy atom. The van der Waals surface area contributed by atoms with E-state index >= 15 is 0 Å². The number of methoxy groups -OCH3 is 3. The summed E-state index contributed by atoms with van der Waals surface area (Å²) in [5, 5.41) is 0. The first kappa shape index (κ1) is 17.2. The number of hydrogen-bond acceptors (Lipinski definition) is 6. The standard InChI is InChI=1S/C19H23NO5/c1-21-17-9-13(10-18(22-2)19(17)23-3)14(20)6-4-12-5-7-15-16(8-12)25-11-24-15/h5,7-10,14H,4,6,11,20H2,1-3H3/t14-/m1/s1. The van der Waals surface area contributed by atoms with Crippen LogP contribution in [-0.2, 0) is 6.42 Å². The molecule has 6 heteroatoms. The van der Waals surface area contributed by atoms with Crippen molar-refractivity contribution in [2.45, 2.75) is 18.9 Å². The molecule has 2 N–H and O–H groups in total. The number of ether oxygens (including phenoxy) is 5. The van der Waals surface area contributed by atoms with Gasteiger partial charge in [0.2, 0.25) is 12.5 Å². The van der Waals surface area contributed by atoms with Gasteiger partial charge in [-0.1, -0.05) is 6.07 Å². The van der Waals surface area contributed by atoms with Crippen molar-refractivity contribution in [3.05, 3.63) is 41.5 Å². The molecule has 1 heterocycles. The minimum Gasteiger partial charge on any atom is -0.493 e. The first-order valence-corrected chi connectivity index (χ1v) is 8.10. The third kappa shape index (κ3) is 3.58. The molecule has 25 heavy (non-hydrogen) atoms. The van der Waals surface area contributed by atoms with Gasteiger partial charge < -0.3 is 29.4 Å². The minimum atomic E-state index is -0.154. The average Bonchev–Trinajstić information content (AvgIpc) is 3.12. The van der Waals surface area contributed by atoms with Crippen molar-refractivity contribution < 1.29 is 23.7 Å². The fraction of sp³-hybridized carbons (Fsp3) is 0.368. The SMILES string of the molecule is COc1cc([C@H](N)CCc2ccc3c(c2)OCO3)cc(OC)c1OC. The monoisotopic (exact) mass is 345 g/mol. The van der Waals surface area contributed by atoms with Crippen LogP contribution in [0, 0.1) is 0 Å². The topological polar surface area (TPSA) is 72.2 Å². The largest absolute Gasteiger partial charge is 0.493 e. The molecular weight excluding hydrogens is 322 g/mol. The number of nitrogens with two attached hydrogens (primary N) is 1. The Morgan fingerprint density at radius 3 is 2.28 bits per heavy atom. The van der Waals surface area contributed by atoms with Gasteiger partial charge in [0.05, 0.1) is 21.3 Å². The molecule has 1 aliphatic rings. The molecular formula is C19H23NO5. The quantitative estimate of drug-likeness (QED) is 0.831. The maximum absolute atomic E-state index is 6.39. The van der Waals surface area contributed by atoms with Crippen molar-refractivity contribution in [1.29, 1.82) is 0 Å². The van der Waals surface area contributed by atoms with E-state index in [0.717, 1.165) is 35.5 Å². The Morgan fingerprint density at radius 2 is 1.64 bits per heavy atom. The summed E-state index contributed by atoms with van der Waals surface area (Å²) in [6, 6.07) is 9.61. The molecule has 6 nitrogen and oxygen atoms in total. The lowest BCUT2D eigenvalue weighted by molar-refractivity contribution is 0.174. The second kappa shape index (κ2) is 7.53. The molecule has 0 radical (unpaired) electrons. The summed E-state index contributed by atoms with van der Waals surface area (Å²) in [6.45, 7) is 0.281. The van der Waals surface area contributed by atoms with E-state index < -0.39 is 0 Å². The first-order valence-electron chi connectivity index (χ1n) is 8.10. The van der Waals surface area contributed by atoms with Gasteiger partial charge in [0.25, 0.3) is 0 Å². The maximum Gasteiger partial charge on any atom is 0.231 e. The number of rotatable bonds is 7. The smallest absolute Gasteiger partial charge is 0.231 e. The molecule has 2 aromatic carbocycles. The summed E-state index contributed by atoms with van der Waals surface area (Å²) in [5.41, 5.74) is 8.49. The molecule has 0 bridgehead atoms. The molecule has 0 saturated heterocycles. The number of fused-ring (bicyclic) bond motifs is 1. The third-order valence-corrected chi connectivity index (χ3v) is 4.30. The fourth-order valence-corrected chi connectivity index (χ4v) is 2.90. The Labute approximate surface area is 147 Å². The Balaban J connectivity index is 1.73. The fourth-order valence-electron chi connectivity index (χ4n) is 2.90. The van der Waals surface area contributed by atoms with Gasteiger partial charge in [-0.3, -0.25) is 0 Å². The van der Waals surface area contributed by atoms with Gasteiger partial charge in [-0.05, 0) is 48.2 Å². The molecule has 0 unspecified atom stereocenters. The van der Waals surface area contributed by atoms with Gasteiger partial charge in [-0.25, -0.2) is 0 Å². The predicted molar refractivity (Wildman–Crippen MR) is 93.9 cm³/mol. The van der Waals surface area contributed by atoms with E-state index in [4.69, 9.17) is 29.4 Å². The summed E-state index contributed by atoms with van der Waals surface area (Å²) in [4.78, 5) is 0. The van der Waals surface area contributed by atoms with Crippen molar-refractivity contribution >= 4 is 0 Å². The van der Waals surface area contributed by atoms with Crippen LogP contribution in [0.15, 0.2) is 30.3 Å². The summed E-state index contributed by atoms with van der Waals surface area (Å²) in [6.07, 6.45) is 1.60. The van der Waals surface area contributed by atoms with Crippen LogP contribution in [0.5, 0.6) is 28.7 Å². The van der Waals surface area contributed by atoms with E-state index in [0.29, 0.717) is 17.2 Å². The summed E-state index contributed by atoms with van der Waals surface area (Å²) in [5.74, 6) is 3.36. The van der Waals surface area contributed by atoms with Crippen LogP contribution in [0.3, 0.4) is 0 Å². The van der Waals surface area contributed by atoms with E-state index in [1.54, 1.807) is 21.3 Å². The van der Waals surface area contributed by atoms with Gasteiger partial charge in [0.1, 0.15) is 0 Å². The lowest BCUT2D eigenvalue weighted by atomic mass is 9.98. The van der Waals surface area contributed by atoms with Crippen LogP contribution in [0.4, 0.5) is 0 Å². The van der Waals surface area contributed by atoms with E-state index in [2.05, 4.69) is 0 Å². The maximum atomic E-state index is 6.39. The molecule has 0 spiro atoms. The highest BCUT2D eigenvalue weighted by molar-refractivity contribution is 5.54. The van der Waals surface area contributed by atoms with E-state index in [9.17, 15) is 0 Å². The average molecular weight is 345 g/mol. The lowest BCUT2D eigenvalue weighted by Crippen LogP contribution is -2.12. The van der Waals surface area contributed by atoms with Crippen LogP contribution in [-0.4, -0.2) is 28.1 Å². The molecule has 0 aromatic heterocycles. The zero-order valence-corrected chi connectivity index (χ0v) is 14.7. The molecule has 1 aliphatic heterocycles. The van der Waals surface area contributed by atoms with Crippen molar-refractivity contribution in [1.82, 2.24) is 0 Å². The van der Waals surface area contributed by atoms with Crippen LogP contribution in [0.25, 0.3) is 0 Å². The Hall–Kier alpha value is -2.60. The van der Waals surface area contributed by atoms with Crippen molar-refractivity contribution in [3.8, 4) is 28.7 Å². The van der Waals surface area contributed by atoms with E-state index in [-0.39, 0.29) is 12.8 Å². The van der Waals surface area contributed by atoms with Crippen molar-refractivity contribution in [2.24, 2.45) is 5.73 Å². The highest BCUT2D eigenvalue weighted by Gasteiger charge is 2.17. The third-order valence-electron chi connectivity index (χ3n) is 4.30. The van der Waals surface area contributed by atoms with Gasteiger partial charge in [-0.15, -0.1) is 0 Å². The normalized spacial score (nSPS) is 13.4. The predicted octanol–water partition coefficient (Wildman–Crippen LogP) is 3.07. The molecule has 0 amide bonds. The summed E-state index contributed by atoms with van der Waals surface area (Å²) >= 11 is 0. The molecule has 3 rings (SSSR count). The second-order valence-corrected chi connectivity index (χ2v) is 5.79. The zero-order chi connectivity index (χ0) is 17.8. The van der Waals surface area contributed by atoms with Crippen molar-refractivity contribution in [3.63, 3.8) is 0 Å². The van der Waals surface area contributed by atoms with Gasteiger partial charge in [-0.2, -0.15) is 0 Å². The second-order valence-electron chi connectivity index (χ2n) is 5.79.